The maximum absolute atomic E-state index is 13.2. The van der Waals surface area contributed by atoms with Gasteiger partial charge in [-0.3, -0.25) is 9.69 Å². The molecule has 196 valence electrons. The van der Waals surface area contributed by atoms with Crippen molar-refractivity contribution in [1.29, 1.82) is 5.26 Å². The minimum absolute atomic E-state index is 0.0629. The topological polar surface area (TPSA) is 77.8 Å². The lowest BCUT2D eigenvalue weighted by Crippen LogP contribution is -2.50. The first-order valence-electron chi connectivity index (χ1n) is 13.0. The molecule has 0 saturated carbocycles. The summed E-state index contributed by atoms with van der Waals surface area (Å²) in [6.45, 7) is 7.37. The molecule has 0 aliphatic carbocycles. The smallest absolute Gasteiger partial charge is 0.266 e. The van der Waals surface area contributed by atoms with E-state index in [-0.39, 0.29) is 17.5 Å². The van der Waals surface area contributed by atoms with E-state index in [4.69, 9.17) is 9.47 Å². The zero-order chi connectivity index (χ0) is 26.7. The number of carbonyl (C=O) groups is 1. The average Bonchev–Trinajstić information content (AvgIpc) is 2.96. The Morgan fingerprint density at radius 1 is 0.895 bits per heavy atom. The lowest BCUT2D eigenvalue weighted by Gasteiger charge is -2.39. The summed E-state index contributed by atoms with van der Waals surface area (Å²) in [4.78, 5) is 17.4. The number of nitrogens with zero attached hydrogens (tertiary/aromatic N) is 3. The van der Waals surface area contributed by atoms with E-state index in [0.717, 1.165) is 0 Å². The van der Waals surface area contributed by atoms with Gasteiger partial charge < -0.3 is 19.7 Å². The number of piperazine rings is 1. The van der Waals surface area contributed by atoms with Crippen LogP contribution in [-0.2, 0) is 4.79 Å². The molecule has 1 aliphatic rings. The van der Waals surface area contributed by atoms with Crippen molar-refractivity contribution >= 4 is 11.6 Å². The fraction of sp³-hybridized carbons (Fsp3) is 0.290. The van der Waals surface area contributed by atoms with Crippen LogP contribution in [0.1, 0.15) is 31.0 Å². The Balaban J connectivity index is 1.43. The van der Waals surface area contributed by atoms with Crippen molar-refractivity contribution < 1.29 is 14.3 Å². The van der Waals surface area contributed by atoms with Crippen LogP contribution in [0.5, 0.6) is 11.5 Å². The van der Waals surface area contributed by atoms with Gasteiger partial charge in [-0.15, -0.1) is 0 Å². The second-order valence-electron chi connectivity index (χ2n) is 8.89. The third-order valence-electron chi connectivity index (χ3n) is 6.47. The van der Waals surface area contributed by atoms with Crippen molar-refractivity contribution in [2.24, 2.45) is 0 Å². The number of nitrogens with one attached hydrogen (secondary N) is 1. The van der Waals surface area contributed by atoms with Crippen molar-refractivity contribution in [2.45, 2.75) is 19.9 Å². The van der Waals surface area contributed by atoms with Gasteiger partial charge in [0.2, 0.25) is 0 Å². The minimum atomic E-state index is -0.272. The van der Waals surface area contributed by atoms with E-state index in [2.05, 4.69) is 64.8 Å². The molecule has 7 nitrogen and oxygen atoms in total. The third-order valence-corrected chi connectivity index (χ3v) is 6.47. The van der Waals surface area contributed by atoms with Crippen LogP contribution in [0, 0.1) is 11.3 Å². The lowest BCUT2D eigenvalue weighted by atomic mass is 9.96. The van der Waals surface area contributed by atoms with Crippen LogP contribution in [0.4, 0.5) is 5.69 Å². The summed E-state index contributed by atoms with van der Waals surface area (Å²) < 4.78 is 11.3. The zero-order valence-electron chi connectivity index (χ0n) is 22.0. The number of hydrogen-bond acceptors (Lipinski definition) is 6. The number of benzene rings is 3. The molecule has 3 aromatic carbocycles. The van der Waals surface area contributed by atoms with Crippen LogP contribution in [-0.4, -0.2) is 55.1 Å². The highest BCUT2D eigenvalue weighted by atomic mass is 16.5. The molecule has 3 aromatic rings. The Morgan fingerprint density at radius 3 is 2.03 bits per heavy atom. The Morgan fingerprint density at radius 2 is 1.47 bits per heavy atom. The predicted octanol–water partition coefficient (Wildman–Crippen LogP) is 5.24. The van der Waals surface area contributed by atoms with Gasteiger partial charge in [-0.1, -0.05) is 60.7 Å². The molecule has 0 unspecified atom stereocenters. The number of amides is 1. The minimum Gasteiger partial charge on any atom is -0.490 e. The summed E-state index contributed by atoms with van der Waals surface area (Å²) in [5, 5.41) is 12.8. The Labute approximate surface area is 224 Å². The number of hydrogen-bond donors (Lipinski definition) is 1. The van der Waals surface area contributed by atoms with Gasteiger partial charge in [-0.2, -0.15) is 5.26 Å². The highest BCUT2D eigenvalue weighted by Gasteiger charge is 2.29. The van der Waals surface area contributed by atoms with E-state index < -0.39 is 0 Å². The van der Waals surface area contributed by atoms with Gasteiger partial charge in [0.1, 0.15) is 11.6 Å². The molecule has 4 rings (SSSR count). The van der Waals surface area contributed by atoms with Gasteiger partial charge in [-0.05, 0) is 37.1 Å². The normalized spacial score (nSPS) is 14.2. The summed E-state index contributed by atoms with van der Waals surface area (Å²) in [7, 11) is 0. The molecule has 1 fully saturated rings. The fourth-order valence-corrected chi connectivity index (χ4v) is 4.68. The van der Waals surface area contributed by atoms with Gasteiger partial charge in [-0.25, -0.2) is 0 Å². The Hall–Kier alpha value is -4.28. The summed E-state index contributed by atoms with van der Waals surface area (Å²) >= 11 is 0. The van der Waals surface area contributed by atoms with Crippen LogP contribution in [0.15, 0.2) is 90.6 Å². The van der Waals surface area contributed by atoms with Crippen LogP contribution >= 0.6 is 0 Å². The molecule has 0 radical (unpaired) electrons. The van der Waals surface area contributed by atoms with Crippen molar-refractivity contribution in [3.05, 3.63) is 102 Å². The van der Waals surface area contributed by atoms with E-state index in [9.17, 15) is 10.1 Å². The van der Waals surface area contributed by atoms with Crippen LogP contribution in [0.2, 0.25) is 0 Å². The summed E-state index contributed by atoms with van der Waals surface area (Å²) in [6.07, 6.45) is 1.47. The molecule has 0 bridgehead atoms. The second-order valence-corrected chi connectivity index (χ2v) is 8.89. The van der Waals surface area contributed by atoms with Crippen LogP contribution in [0.25, 0.3) is 0 Å². The maximum Gasteiger partial charge on any atom is 0.266 e. The molecule has 7 heteroatoms. The summed E-state index contributed by atoms with van der Waals surface area (Å²) in [5.74, 6) is 0.995. The standard InChI is InChI=1S/C31H34N4O3/c1-3-37-28-16-15-27(21-29(28)38-4-2)33-23-26(22-32)31(36)35-19-17-34(18-20-35)30(24-11-7-5-8-12-24)25-13-9-6-10-14-25/h5-16,21,23,30,33H,3-4,17-20H2,1-2H3/b26-23-. The largest absolute Gasteiger partial charge is 0.490 e. The van der Waals surface area contributed by atoms with Crippen LogP contribution in [0.3, 0.4) is 0 Å². The number of rotatable bonds is 10. The highest BCUT2D eigenvalue weighted by molar-refractivity contribution is 5.97. The van der Waals surface area contributed by atoms with E-state index in [1.807, 2.05) is 38.1 Å². The molecule has 0 aromatic heterocycles. The number of ether oxygens (including phenoxy) is 2. The first-order chi connectivity index (χ1) is 18.6. The lowest BCUT2D eigenvalue weighted by molar-refractivity contribution is -0.128. The van der Waals surface area contributed by atoms with Crippen molar-refractivity contribution in [1.82, 2.24) is 9.80 Å². The van der Waals surface area contributed by atoms with Gasteiger partial charge in [0.25, 0.3) is 5.91 Å². The third kappa shape index (κ3) is 6.53. The quantitative estimate of drug-likeness (QED) is 0.297. The second kappa shape index (κ2) is 13.3. The average molecular weight is 511 g/mol. The van der Waals surface area contributed by atoms with Gasteiger partial charge >= 0.3 is 0 Å². The molecule has 1 saturated heterocycles. The zero-order valence-corrected chi connectivity index (χ0v) is 22.0. The van der Waals surface area contributed by atoms with Gasteiger partial charge in [0, 0.05) is 44.1 Å². The van der Waals surface area contributed by atoms with E-state index in [1.165, 1.54) is 17.3 Å². The summed E-state index contributed by atoms with van der Waals surface area (Å²) in [5.41, 5.74) is 3.22. The molecular formula is C31H34N4O3. The number of anilines is 1. The molecule has 38 heavy (non-hydrogen) atoms. The Kier molecular flexibility index (Phi) is 9.38. The fourth-order valence-electron chi connectivity index (χ4n) is 4.68. The number of nitriles is 1. The number of carbonyl (C=O) groups excluding carboxylic acids is 1. The molecular weight excluding hydrogens is 476 g/mol. The van der Waals surface area contributed by atoms with E-state index >= 15 is 0 Å². The monoisotopic (exact) mass is 510 g/mol. The Bertz CT molecular complexity index is 1220. The predicted molar refractivity (Wildman–Crippen MR) is 149 cm³/mol. The molecule has 1 N–H and O–H groups in total. The first-order valence-corrected chi connectivity index (χ1v) is 13.0. The van der Waals surface area contributed by atoms with E-state index in [0.29, 0.717) is 56.6 Å². The molecule has 1 amide bonds. The van der Waals surface area contributed by atoms with E-state index in [1.54, 1.807) is 11.0 Å². The molecule has 1 heterocycles. The van der Waals surface area contributed by atoms with Crippen LogP contribution < -0.4 is 14.8 Å². The maximum atomic E-state index is 13.2. The SMILES string of the molecule is CCOc1ccc(N/C=C(/C#N)C(=O)N2CCN(C(c3ccccc3)c3ccccc3)CC2)cc1OCC. The molecule has 0 atom stereocenters. The molecule has 1 aliphatic heterocycles. The van der Waals surface area contributed by atoms with Crippen molar-refractivity contribution in [3.8, 4) is 17.6 Å². The van der Waals surface area contributed by atoms with Gasteiger partial charge in [0.05, 0.1) is 19.3 Å². The van der Waals surface area contributed by atoms with Crippen molar-refractivity contribution in [2.75, 3.05) is 44.7 Å². The highest BCUT2D eigenvalue weighted by Crippen LogP contribution is 2.31. The first kappa shape index (κ1) is 26.8. The van der Waals surface area contributed by atoms with Gasteiger partial charge in [0.15, 0.2) is 11.5 Å². The summed E-state index contributed by atoms with van der Waals surface area (Å²) in [6, 6.07) is 28.5. The van der Waals surface area contributed by atoms with Crippen molar-refractivity contribution in [3.63, 3.8) is 0 Å². The molecule has 0 spiro atoms.